The quantitative estimate of drug-likeness (QED) is 0.395. The third kappa shape index (κ3) is 3.97. The number of Topliss-reactive ketones (excluding diaryl/α,β-unsaturated/α-hetero) is 1. The smallest absolute Gasteiger partial charge is 0.294 e. The average molecular weight is 382 g/mol. The van der Waals surface area contributed by atoms with Crippen molar-refractivity contribution in [2.75, 3.05) is 6.54 Å². The second-order valence-electron chi connectivity index (χ2n) is 7.09. The molecule has 1 N–H and O–H groups in total. The summed E-state index contributed by atoms with van der Waals surface area (Å²) in [6.07, 6.45) is 2.50. The van der Waals surface area contributed by atoms with E-state index < -0.39 is 11.7 Å². The van der Waals surface area contributed by atoms with Crippen LogP contribution in [0.4, 0.5) is 0 Å². The van der Waals surface area contributed by atoms with Gasteiger partial charge in [-0.2, -0.15) is 0 Å². The second-order valence-corrected chi connectivity index (χ2v) is 7.09. The maximum Gasteiger partial charge on any atom is 0.294 e. The molecule has 29 heavy (non-hydrogen) atoms. The summed E-state index contributed by atoms with van der Waals surface area (Å²) in [5.41, 5.74) is 5.21. The average Bonchev–Trinajstić information content (AvgIpc) is 3.14. The van der Waals surface area contributed by atoms with Crippen LogP contribution in [-0.2, 0) is 11.2 Å². The largest absolute Gasteiger partial charge is 0.349 e. The number of rotatable bonds is 6. The highest BCUT2D eigenvalue weighted by Gasteiger charge is 2.24. The summed E-state index contributed by atoms with van der Waals surface area (Å²) in [5, 5.41) is 2.77. The maximum absolute atomic E-state index is 13.1. The number of pyridine rings is 1. The number of amides is 1. The fraction of sp³-hybridized carbons (Fsp3) is 0.120. The monoisotopic (exact) mass is 382 g/mol. The van der Waals surface area contributed by atoms with Crippen LogP contribution < -0.4 is 5.32 Å². The molecule has 0 radical (unpaired) electrons. The van der Waals surface area contributed by atoms with E-state index in [0.29, 0.717) is 18.7 Å². The molecule has 4 heteroatoms. The Bertz CT molecular complexity index is 1160. The van der Waals surface area contributed by atoms with Crippen molar-refractivity contribution in [2.45, 2.75) is 13.3 Å². The van der Waals surface area contributed by atoms with Crippen LogP contribution in [-0.4, -0.2) is 22.6 Å². The van der Waals surface area contributed by atoms with Gasteiger partial charge in [-0.15, -0.1) is 0 Å². The molecule has 0 saturated heterocycles. The van der Waals surface area contributed by atoms with Crippen molar-refractivity contribution in [3.8, 4) is 11.1 Å². The molecule has 4 rings (SSSR count). The molecule has 2 aromatic carbocycles. The van der Waals surface area contributed by atoms with Gasteiger partial charge in [0.2, 0.25) is 0 Å². The van der Waals surface area contributed by atoms with Gasteiger partial charge < -0.3 is 9.72 Å². The number of nitrogens with one attached hydrogen (secondary N) is 1. The minimum Gasteiger partial charge on any atom is -0.349 e. The van der Waals surface area contributed by atoms with E-state index in [4.69, 9.17) is 0 Å². The number of fused-ring (bicyclic) bond motifs is 1. The first kappa shape index (κ1) is 18.7. The third-order valence-corrected chi connectivity index (χ3v) is 5.01. The molecule has 0 aliphatic carbocycles. The summed E-state index contributed by atoms with van der Waals surface area (Å²) in [6, 6.07) is 25.5. The molecule has 2 aromatic heterocycles. The summed E-state index contributed by atoms with van der Waals surface area (Å²) < 4.78 is 1.79. The lowest BCUT2D eigenvalue weighted by Crippen LogP contribution is -2.33. The number of aromatic nitrogens is 1. The fourth-order valence-corrected chi connectivity index (χ4v) is 3.46. The molecule has 0 aliphatic rings. The van der Waals surface area contributed by atoms with E-state index in [1.165, 1.54) is 0 Å². The Morgan fingerprint density at radius 2 is 1.62 bits per heavy atom. The van der Waals surface area contributed by atoms with Crippen LogP contribution in [0.2, 0.25) is 0 Å². The lowest BCUT2D eigenvalue weighted by atomic mass is 10.0. The molecule has 4 nitrogen and oxygen atoms in total. The summed E-state index contributed by atoms with van der Waals surface area (Å²) in [6.45, 7) is 2.43. The fourth-order valence-electron chi connectivity index (χ4n) is 3.46. The SMILES string of the molecule is Cc1ccc(-c2cc3ccccn3c2C(=O)C(=O)NCCc2ccccc2)cc1. The molecule has 0 fully saturated rings. The van der Waals surface area contributed by atoms with Crippen LogP contribution >= 0.6 is 0 Å². The Morgan fingerprint density at radius 3 is 2.38 bits per heavy atom. The summed E-state index contributed by atoms with van der Waals surface area (Å²) in [7, 11) is 0. The van der Waals surface area contributed by atoms with E-state index in [9.17, 15) is 9.59 Å². The van der Waals surface area contributed by atoms with E-state index >= 15 is 0 Å². The van der Waals surface area contributed by atoms with Gasteiger partial charge in [0.05, 0.1) is 0 Å². The predicted molar refractivity (Wildman–Crippen MR) is 115 cm³/mol. The van der Waals surface area contributed by atoms with Gasteiger partial charge in [-0.1, -0.05) is 66.2 Å². The third-order valence-electron chi connectivity index (χ3n) is 5.01. The topological polar surface area (TPSA) is 50.6 Å². The first-order valence-electron chi connectivity index (χ1n) is 9.67. The van der Waals surface area contributed by atoms with Crippen LogP contribution in [0.25, 0.3) is 16.6 Å². The van der Waals surface area contributed by atoms with Crippen molar-refractivity contribution in [1.82, 2.24) is 9.72 Å². The maximum atomic E-state index is 13.1. The molecule has 0 spiro atoms. The number of ketones is 1. The predicted octanol–water partition coefficient (Wildman–Crippen LogP) is 4.46. The van der Waals surface area contributed by atoms with Crippen LogP contribution in [0.5, 0.6) is 0 Å². The molecule has 0 unspecified atom stereocenters. The molecule has 1 amide bonds. The van der Waals surface area contributed by atoms with Gasteiger partial charge in [-0.25, -0.2) is 0 Å². The van der Waals surface area contributed by atoms with Crippen LogP contribution in [0.3, 0.4) is 0 Å². The Hall–Kier alpha value is -3.66. The molecule has 0 aliphatic heterocycles. The molecule has 0 bridgehead atoms. The number of carbonyl (C=O) groups excluding carboxylic acids is 2. The van der Waals surface area contributed by atoms with Gasteiger partial charge >= 0.3 is 0 Å². The number of nitrogens with zero attached hydrogens (tertiary/aromatic N) is 1. The molecule has 0 atom stereocenters. The van der Waals surface area contributed by atoms with Gasteiger partial charge in [-0.3, -0.25) is 9.59 Å². The number of carbonyl (C=O) groups is 2. The summed E-state index contributed by atoms with van der Waals surface area (Å²) in [4.78, 5) is 25.7. The minimum atomic E-state index is -0.585. The van der Waals surface area contributed by atoms with Crippen molar-refractivity contribution in [3.05, 3.63) is 102 Å². The lowest BCUT2D eigenvalue weighted by Gasteiger charge is -2.08. The number of benzene rings is 2. The van der Waals surface area contributed by atoms with Gasteiger partial charge in [0.25, 0.3) is 11.7 Å². The zero-order valence-corrected chi connectivity index (χ0v) is 16.3. The van der Waals surface area contributed by atoms with E-state index in [-0.39, 0.29) is 0 Å². The van der Waals surface area contributed by atoms with Gasteiger partial charge in [-0.05, 0) is 42.7 Å². The molecule has 2 heterocycles. The highest BCUT2D eigenvalue weighted by atomic mass is 16.2. The van der Waals surface area contributed by atoms with Crippen molar-refractivity contribution >= 4 is 17.2 Å². The van der Waals surface area contributed by atoms with Crippen molar-refractivity contribution in [3.63, 3.8) is 0 Å². The van der Waals surface area contributed by atoms with E-state index in [1.54, 1.807) is 4.40 Å². The number of aryl methyl sites for hydroxylation is 1. The molecule has 144 valence electrons. The van der Waals surface area contributed by atoms with Gasteiger partial charge in [0.1, 0.15) is 5.69 Å². The highest BCUT2D eigenvalue weighted by Crippen LogP contribution is 2.28. The Kier molecular flexibility index (Phi) is 5.25. The van der Waals surface area contributed by atoms with Crippen LogP contribution in [0, 0.1) is 6.92 Å². The van der Waals surface area contributed by atoms with Crippen LogP contribution in [0.15, 0.2) is 85.1 Å². The van der Waals surface area contributed by atoms with E-state index in [0.717, 1.165) is 27.8 Å². The Balaban J connectivity index is 1.61. The Morgan fingerprint density at radius 1 is 0.897 bits per heavy atom. The van der Waals surface area contributed by atoms with Crippen molar-refractivity contribution < 1.29 is 9.59 Å². The van der Waals surface area contributed by atoms with Gasteiger partial charge in [0, 0.05) is 23.8 Å². The number of hydrogen-bond acceptors (Lipinski definition) is 2. The molecular formula is C25H22N2O2. The summed E-state index contributed by atoms with van der Waals surface area (Å²) in [5.74, 6) is -1.11. The first-order valence-corrected chi connectivity index (χ1v) is 9.67. The molecular weight excluding hydrogens is 360 g/mol. The molecule has 4 aromatic rings. The molecule has 0 saturated carbocycles. The Labute approximate surface area is 169 Å². The summed E-state index contributed by atoms with van der Waals surface area (Å²) >= 11 is 0. The minimum absolute atomic E-state index is 0.390. The standard InChI is InChI=1S/C25H22N2O2/c1-18-10-12-20(13-11-18)22-17-21-9-5-6-16-27(21)23(22)24(28)25(29)26-15-14-19-7-3-2-4-8-19/h2-13,16-17H,14-15H2,1H3,(H,26,29). The first-order chi connectivity index (χ1) is 14.1. The zero-order chi connectivity index (χ0) is 20.2. The normalized spacial score (nSPS) is 10.8. The van der Waals surface area contributed by atoms with E-state index in [1.807, 2.05) is 92.0 Å². The van der Waals surface area contributed by atoms with Gasteiger partial charge in [0.15, 0.2) is 0 Å². The zero-order valence-electron chi connectivity index (χ0n) is 16.3. The van der Waals surface area contributed by atoms with Crippen LogP contribution in [0.1, 0.15) is 21.6 Å². The highest BCUT2D eigenvalue weighted by molar-refractivity contribution is 6.43. The lowest BCUT2D eigenvalue weighted by molar-refractivity contribution is -0.117. The second kappa shape index (κ2) is 8.15. The van der Waals surface area contributed by atoms with Crippen molar-refractivity contribution in [2.24, 2.45) is 0 Å². The van der Waals surface area contributed by atoms with Crippen molar-refractivity contribution in [1.29, 1.82) is 0 Å². The number of hydrogen-bond donors (Lipinski definition) is 1. The van der Waals surface area contributed by atoms with E-state index in [2.05, 4.69) is 5.32 Å².